The van der Waals surface area contributed by atoms with Crippen molar-refractivity contribution >= 4 is 15.9 Å². The van der Waals surface area contributed by atoms with Gasteiger partial charge in [0.2, 0.25) is 15.9 Å². The molecule has 20 heavy (non-hydrogen) atoms. The van der Waals surface area contributed by atoms with Gasteiger partial charge < -0.3 is 4.90 Å². The van der Waals surface area contributed by atoms with Crippen LogP contribution >= 0.6 is 0 Å². The van der Waals surface area contributed by atoms with E-state index < -0.39 is 38.4 Å². The third-order valence-electron chi connectivity index (χ3n) is 2.93. The lowest BCUT2D eigenvalue weighted by atomic mass is 10.3. The lowest BCUT2D eigenvalue weighted by Crippen LogP contribution is -2.36. The van der Waals surface area contributed by atoms with Gasteiger partial charge in [-0.3, -0.25) is 4.79 Å². The number of hydrogen-bond donors (Lipinski definition) is 1. The number of nitrogens with zero attached hydrogens (tertiary/aromatic N) is 1. The largest absolute Gasteiger partial charge is 0.344 e. The second-order valence-electron chi connectivity index (χ2n) is 4.50. The van der Waals surface area contributed by atoms with E-state index in [9.17, 15) is 26.4 Å². The summed E-state index contributed by atoms with van der Waals surface area (Å²) in [7, 11) is -2.72. The summed E-state index contributed by atoms with van der Waals surface area (Å²) < 4.78 is 64.9. The Balaban J connectivity index is 2.25. The number of sulfonamides is 1. The quantitative estimate of drug-likeness (QED) is 0.832. The molecule has 1 heterocycles. The van der Waals surface area contributed by atoms with Crippen LogP contribution < -0.4 is 4.72 Å². The van der Waals surface area contributed by atoms with Crippen molar-refractivity contribution in [2.75, 3.05) is 13.6 Å². The molecule has 1 aliphatic heterocycles. The molecule has 0 spiro atoms. The van der Waals surface area contributed by atoms with Gasteiger partial charge in [-0.2, -0.15) is 0 Å². The number of amides is 1. The molecule has 1 aliphatic rings. The first-order chi connectivity index (χ1) is 9.20. The summed E-state index contributed by atoms with van der Waals surface area (Å²) in [5.74, 6) is -5.16. The Morgan fingerprint density at radius 3 is 2.25 bits per heavy atom. The van der Waals surface area contributed by atoms with Crippen molar-refractivity contribution in [3.63, 3.8) is 0 Å². The van der Waals surface area contributed by atoms with Crippen LogP contribution in [0.4, 0.5) is 13.2 Å². The monoisotopic (exact) mass is 308 g/mol. The molecule has 1 saturated heterocycles. The van der Waals surface area contributed by atoms with Gasteiger partial charge in [0.05, 0.1) is 4.90 Å². The van der Waals surface area contributed by atoms with Crippen molar-refractivity contribution in [1.82, 2.24) is 9.62 Å². The molecule has 0 bridgehead atoms. The fourth-order valence-electron chi connectivity index (χ4n) is 1.92. The molecule has 1 N–H and O–H groups in total. The van der Waals surface area contributed by atoms with Gasteiger partial charge in [0.1, 0.15) is 0 Å². The fraction of sp³-hybridized carbons (Fsp3) is 0.364. The number of nitrogens with one attached hydrogen (secondary N) is 1. The molecule has 0 aromatic heterocycles. The zero-order valence-corrected chi connectivity index (χ0v) is 11.2. The summed E-state index contributed by atoms with van der Waals surface area (Å²) >= 11 is 0. The highest BCUT2D eigenvalue weighted by Crippen LogP contribution is 2.19. The Hall–Kier alpha value is -1.61. The first kappa shape index (κ1) is 14.8. The molecule has 1 fully saturated rings. The first-order valence-corrected chi connectivity index (χ1v) is 7.10. The van der Waals surface area contributed by atoms with Crippen LogP contribution in [-0.2, 0) is 14.8 Å². The van der Waals surface area contributed by atoms with Gasteiger partial charge >= 0.3 is 0 Å². The molecule has 5 nitrogen and oxygen atoms in total. The van der Waals surface area contributed by atoms with Gasteiger partial charge in [-0.15, -0.1) is 0 Å². The van der Waals surface area contributed by atoms with E-state index in [0.29, 0.717) is 12.1 Å². The van der Waals surface area contributed by atoms with E-state index in [4.69, 9.17) is 0 Å². The van der Waals surface area contributed by atoms with Crippen molar-refractivity contribution in [3.05, 3.63) is 29.6 Å². The second kappa shape index (κ2) is 5.06. The smallest absolute Gasteiger partial charge is 0.241 e. The van der Waals surface area contributed by atoms with Gasteiger partial charge in [0.25, 0.3) is 0 Å². The summed E-state index contributed by atoms with van der Waals surface area (Å²) in [5, 5.41) is 0. The van der Waals surface area contributed by atoms with Crippen molar-refractivity contribution < 1.29 is 26.4 Å². The maximum absolute atomic E-state index is 13.0. The predicted octanol–water partition coefficient (Wildman–Crippen LogP) is 0.613. The summed E-state index contributed by atoms with van der Waals surface area (Å²) in [4.78, 5) is 11.9. The summed E-state index contributed by atoms with van der Waals surface area (Å²) in [5.41, 5.74) is 0. The first-order valence-electron chi connectivity index (χ1n) is 5.61. The maximum atomic E-state index is 13.0. The van der Waals surface area contributed by atoms with Crippen LogP contribution in [0, 0.1) is 17.5 Å². The molecule has 1 aromatic rings. The van der Waals surface area contributed by atoms with E-state index >= 15 is 0 Å². The van der Waals surface area contributed by atoms with E-state index in [0.717, 1.165) is 0 Å². The van der Waals surface area contributed by atoms with Crippen LogP contribution in [0.25, 0.3) is 0 Å². The van der Waals surface area contributed by atoms with Crippen LogP contribution in [0.5, 0.6) is 0 Å². The van der Waals surface area contributed by atoms with Crippen LogP contribution in [0.1, 0.15) is 6.42 Å². The minimum atomic E-state index is -4.23. The van der Waals surface area contributed by atoms with Crippen LogP contribution in [0.15, 0.2) is 17.0 Å². The number of benzene rings is 1. The predicted molar refractivity (Wildman–Crippen MR) is 62.7 cm³/mol. The molecule has 110 valence electrons. The molecule has 1 amide bonds. The highest BCUT2D eigenvalue weighted by Gasteiger charge is 2.31. The lowest BCUT2D eigenvalue weighted by Gasteiger charge is -2.13. The standard InChI is InChI=1S/C11H11F3N2O3S/c1-16-5-6(2-10(16)17)15-20(18,19)7-3-8(12)11(14)9(13)4-7/h3-4,6,15H,2,5H2,1H3. The SMILES string of the molecule is CN1CC(NS(=O)(=O)c2cc(F)c(F)c(F)c2)CC1=O. The van der Waals surface area contributed by atoms with Gasteiger partial charge in [-0.25, -0.2) is 26.3 Å². The molecule has 0 radical (unpaired) electrons. The van der Waals surface area contributed by atoms with Crippen molar-refractivity contribution in [3.8, 4) is 0 Å². The maximum Gasteiger partial charge on any atom is 0.241 e. The average Bonchev–Trinajstić information content (AvgIpc) is 2.63. The van der Waals surface area contributed by atoms with E-state index in [1.807, 2.05) is 0 Å². The number of carbonyl (C=O) groups is 1. The third-order valence-corrected chi connectivity index (χ3v) is 4.43. The van der Waals surface area contributed by atoms with Gasteiger partial charge in [0.15, 0.2) is 17.5 Å². The number of rotatable bonds is 3. The molecule has 9 heteroatoms. The number of hydrogen-bond acceptors (Lipinski definition) is 3. The van der Waals surface area contributed by atoms with E-state index in [1.165, 1.54) is 11.9 Å². The van der Waals surface area contributed by atoms with Crippen molar-refractivity contribution in [2.24, 2.45) is 0 Å². The molecule has 0 saturated carbocycles. The van der Waals surface area contributed by atoms with Crippen molar-refractivity contribution in [1.29, 1.82) is 0 Å². The minimum Gasteiger partial charge on any atom is -0.344 e. The molecule has 1 aromatic carbocycles. The Labute approximate surface area is 113 Å². The normalized spacial score (nSPS) is 19.7. The molecular weight excluding hydrogens is 297 g/mol. The zero-order chi connectivity index (χ0) is 15.1. The Kier molecular flexibility index (Phi) is 3.74. The molecule has 2 rings (SSSR count). The van der Waals surface area contributed by atoms with Crippen LogP contribution in [0.2, 0.25) is 0 Å². The Morgan fingerprint density at radius 2 is 1.80 bits per heavy atom. The zero-order valence-electron chi connectivity index (χ0n) is 10.4. The number of likely N-dealkylation sites (N-methyl/N-ethyl adjacent to an activating group) is 1. The van der Waals surface area contributed by atoms with Crippen LogP contribution in [0.3, 0.4) is 0 Å². The van der Waals surface area contributed by atoms with E-state index in [1.54, 1.807) is 0 Å². The van der Waals surface area contributed by atoms with E-state index in [-0.39, 0.29) is 18.9 Å². The molecule has 1 unspecified atom stereocenters. The highest BCUT2D eigenvalue weighted by molar-refractivity contribution is 7.89. The summed E-state index contributed by atoms with van der Waals surface area (Å²) in [6.45, 7) is 0.157. The topological polar surface area (TPSA) is 66.5 Å². The average molecular weight is 308 g/mol. The number of halogens is 3. The molecular formula is C11H11F3N2O3S. The lowest BCUT2D eigenvalue weighted by molar-refractivity contribution is -0.126. The molecule has 0 aliphatic carbocycles. The summed E-state index contributed by atoms with van der Waals surface area (Å²) in [6.07, 6.45) is -0.0398. The Bertz CT molecular complexity index is 640. The fourth-order valence-corrected chi connectivity index (χ4v) is 3.17. The second-order valence-corrected chi connectivity index (χ2v) is 6.21. The van der Waals surface area contributed by atoms with E-state index in [2.05, 4.69) is 4.72 Å². The van der Waals surface area contributed by atoms with Crippen LogP contribution in [-0.4, -0.2) is 38.9 Å². The minimum absolute atomic E-state index is 0.0398. The van der Waals surface area contributed by atoms with Gasteiger partial charge in [-0.1, -0.05) is 0 Å². The van der Waals surface area contributed by atoms with Gasteiger partial charge in [-0.05, 0) is 12.1 Å². The van der Waals surface area contributed by atoms with Crippen molar-refractivity contribution in [2.45, 2.75) is 17.4 Å². The number of carbonyl (C=O) groups excluding carboxylic acids is 1. The Morgan fingerprint density at radius 1 is 1.25 bits per heavy atom. The number of likely N-dealkylation sites (tertiary alicyclic amines) is 1. The molecule has 1 atom stereocenters. The third kappa shape index (κ3) is 2.78. The highest BCUT2D eigenvalue weighted by atomic mass is 32.2. The van der Waals surface area contributed by atoms with Gasteiger partial charge in [0, 0.05) is 26.1 Å². The summed E-state index contributed by atoms with van der Waals surface area (Å²) in [6, 6.07) is 0.0938.